The molecule has 0 unspecified atom stereocenters. The number of aromatic nitrogens is 5. The molecule has 1 saturated heterocycles. The lowest BCUT2D eigenvalue weighted by Crippen LogP contribution is -2.30. The van der Waals surface area contributed by atoms with Gasteiger partial charge in [-0.15, -0.1) is 5.10 Å². The summed E-state index contributed by atoms with van der Waals surface area (Å²) in [6.45, 7) is 3.18. The highest BCUT2D eigenvalue weighted by Crippen LogP contribution is 2.34. The largest absolute Gasteiger partial charge is 0.493 e. The fourth-order valence-electron chi connectivity index (χ4n) is 3.30. The Kier molecular flexibility index (Phi) is 4.11. The zero-order valence-corrected chi connectivity index (χ0v) is 14.2. The molecule has 26 heavy (non-hydrogen) atoms. The normalized spacial score (nSPS) is 17.0. The van der Waals surface area contributed by atoms with Crippen LogP contribution in [0.5, 0.6) is 5.75 Å². The van der Waals surface area contributed by atoms with Crippen LogP contribution >= 0.6 is 0 Å². The van der Waals surface area contributed by atoms with Crippen LogP contribution in [-0.4, -0.2) is 50.9 Å². The van der Waals surface area contributed by atoms with Crippen LogP contribution in [0.1, 0.15) is 19.8 Å². The summed E-state index contributed by atoms with van der Waals surface area (Å²) in [5.74, 6) is 0.966. The number of ether oxygens (including phenoxy) is 1. The minimum atomic E-state index is -0.370. The quantitative estimate of drug-likeness (QED) is 0.663. The van der Waals surface area contributed by atoms with Crippen LogP contribution < -0.4 is 15.2 Å². The maximum Gasteiger partial charge on any atom is 0.281 e. The molecule has 1 aliphatic heterocycles. The van der Waals surface area contributed by atoms with Crippen LogP contribution in [0.25, 0.3) is 22.6 Å². The zero-order valence-electron chi connectivity index (χ0n) is 14.2. The van der Waals surface area contributed by atoms with E-state index in [0.29, 0.717) is 29.4 Å². The minimum Gasteiger partial charge on any atom is -0.493 e. The van der Waals surface area contributed by atoms with E-state index >= 15 is 0 Å². The fourth-order valence-corrected chi connectivity index (χ4v) is 3.30. The summed E-state index contributed by atoms with van der Waals surface area (Å²) in [4.78, 5) is 32.6. The number of benzene rings is 1. The predicted octanol–water partition coefficient (Wildman–Crippen LogP) is 1.27. The lowest BCUT2D eigenvalue weighted by Gasteiger charge is -2.24. The lowest BCUT2D eigenvalue weighted by molar-refractivity contribution is -0.108. The molecular formula is C17H18N6O3. The first-order chi connectivity index (χ1) is 12.7. The fraction of sp³-hybridized carbons (Fsp3) is 0.353. The van der Waals surface area contributed by atoms with Crippen LogP contribution in [0.3, 0.4) is 0 Å². The molecule has 0 spiro atoms. The van der Waals surface area contributed by atoms with Gasteiger partial charge in [0.05, 0.1) is 18.2 Å². The topological polar surface area (TPSA) is 117 Å². The molecule has 0 bridgehead atoms. The number of nitrogens with one attached hydrogen (secondary N) is 2. The van der Waals surface area contributed by atoms with Gasteiger partial charge in [-0.3, -0.25) is 4.79 Å². The van der Waals surface area contributed by atoms with Gasteiger partial charge in [-0.2, -0.15) is 0 Å². The second kappa shape index (κ2) is 6.58. The Morgan fingerprint density at radius 3 is 3.12 bits per heavy atom. The molecule has 0 radical (unpaired) electrons. The molecule has 1 aromatic carbocycles. The number of carbonyl (C=O) groups excluding carboxylic acids is 1. The van der Waals surface area contributed by atoms with Gasteiger partial charge in [0.25, 0.3) is 5.56 Å². The van der Waals surface area contributed by atoms with E-state index in [1.165, 1.54) is 0 Å². The third kappa shape index (κ3) is 2.71. The van der Waals surface area contributed by atoms with Gasteiger partial charge in [0, 0.05) is 18.3 Å². The molecule has 3 heterocycles. The second-order valence-electron chi connectivity index (χ2n) is 6.08. The summed E-state index contributed by atoms with van der Waals surface area (Å²) < 4.78 is 5.78. The van der Waals surface area contributed by atoms with E-state index in [1.807, 2.05) is 25.1 Å². The van der Waals surface area contributed by atoms with Crippen molar-refractivity contribution in [2.45, 2.75) is 25.8 Å². The van der Waals surface area contributed by atoms with Gasteiger partial charge in [-0.25, -0.2) is 10.1 Å². The molecule has 0 saturated carbocycles. The number of fused-ring (bicyclic) bond motifs is 1. The zero-order chi connectivity index (χ0) is 18.1. The smallest absolute Gasteiger partial charge is 0.281 e. The average molecular weight is 354 g/mol. The SMILES string of the molecule is CCOc1cc(N2CCC[C@H]2C=O)ccc1-c1nc2[nH]nnc2c(=O)[nH]1. The first kappa shape index (κ1) is 16.2. The van der Waals surface area contributed by atoms with Crippen molar-refractivity contribution in [3.05, 3.63) is 28.6 Å². The number of aldehydes is 1. The minimum absolute atomic E-state index is 0.110. The molecule has 1 fully saturated rings. The lowest BCUT2D eigenvalue weighted by atomic mass is 10.1. The van der Waals surface area contributed by atoms with Crippen molar-refractivity contribution < 1.29 is 9.53 Å². The average Bonchev–Trinajstić information content (AvgIpc) is 3.31. The van der Waals surface area contributed by atoms with E-state index in [9.17, 15) is 9.59 Å². The number of hydrogen-bond acceptors (Lipinski definition) is 7. The highest BCUT2D eigenvalue weighted by Gasteiger charge is 2.25. The second-order valence-corrected chi connectivity index (χ2v) is 6.08. The van der Waals surface area contributed by atoms with Crippen LogP contribution in [0, 0.1) is 0 Å². The molecule has 3 aromatic rings. The molecular weight excluding hydrogens is 336 g/mol. The van der Waals surface area contributed by atoms with Crippen LogP contribution in [0.2, 0.25) is 0 Å². The van der Waals surface area contributed by atoms with E-state index in [-0.39, 0.29) is 17.1 Å². The molecule has 134 valence electrons. The van der Waals surface area contributed by atoms with Crippen molar-refractivity contribution in [2.75, 3.05) is 18.1 Å². The molecule has 1 atom stereocenters. The van der Waals surface area contributed by atoms with E-state index in [2.05, 4.69) is 30.3 Å². The first-order valence-electron chi connectivity index (χ1n) is 8.51. The van der Waals surface area contributed by atoms with E-state index < -0.39 is 0 Å². The van der Waals surface area contributed by atoms with Gasteiger partial charge in [0.2, 0.25) is 0 Å². The van der Waals surface area contributed by atoms with Crippen molar-refractivity contribution in [3.63, 3.8) is 0 Å². The first-order valence-corrected chi connectivity index (χ1v) is 8.51. The maximum absolute atomic E-state index is 12.2. The number of H-pyrrole nitrogens is 2. The van der Waals surface area contributed by atoms with E-state index in [4.69, 9.17) is 4.74 Å². The number of carbonyl (C=O) groups is 1. The molecule has 4 rings (SSSR count). The molecule has 1 aliphatic rings. The van der Waals surface area contributed by atoms with Crippen molar-refractivity contribution >= 4 is 23.1 Å². The molecule has 9 nitrogen and oxygen atoms in total. The van der Waals surface area contributed by atoms with Gasteiger partial charge < -0.3 is 19.4 Å². The Hall–Kier alpha value is -3.23. The van der Waals surface area contributed by atoms with Gasteiger partial charge in [0.15, 0.2) is 11.2 Å². The molecule has 2 N–H and O–H groups in total. The van der Waals surface area contributed by atoms with Crippen molar-refractivity contribution in [2.24, 2.45) is 0 Å². The maximum atomic E-state index is 12.2. The Balaban J connectivity index is 1.80. The number of aromatic amines is 2. The summed E-state index contributed by atoms with van der Waals surface area (Å²) in [7, 11) is 0. The summed E-state index contributed by atoms with van der Waals surface area (Å²) in [6.07, 6.45) is 2.82. The van der Waals surface area contributed by atoms with Crippen molar-refractivity contribution in [1.29, 1.82) is 0 Å². The molecule has 0 aliphatic carbocycles. The third-order valence-electron chi connectivity index (χ3n) is 4.51. The van der Waals surface area contributed by atoms with Crippen molar-refractivity contribution in [3.8, 4) is 17.1 Å². The third-order valence-corrected chi connectivity index (χ3v) is 4.51. The van der Waals surface area contributed by atoms with Gasteiger partial charge in [-0.05, 0) is 31.9 Å². The van der Waals surface area contributed by atoms with E-state index in [1.54, 1.807) is 0 Å². The van der Waals surface area contributed by atoms with E-state index in [0.717, 1.165) is 31.4 Å². The monoisotopic (exact) mass is 354 g/mol. The molecule has 2 aromatic heterocycles. The predicted molar refractivity (Wildman–Crippen MR) is 95.3 cm³/mol. The summed E-state index contributed by atoms with van der Waals surface area (Å²) >= 11 is 0. The Morgan fingerprint density at radius 2 is 2.31 bits per heavy atom. The number of anilines is 1. The van der Waals surface area contributed by atoms with Gasteiger partial charge in [0.1, 0.15) is 17.9 Å². The standard InChI is InChI=1S/C17H18N6O3/c1-2-26-13-8-10(23-7-3-4-11(23)9-24)5-6-12(13)15-18-16-14(17(25)19-15)20-22-21-16/h5-6,8-9,11H,2-4,7H2,1H3,(H2,18,19,20,21,22,25)/t11-/m0/s1. The van der Waals surface area contributed by atoms with Gasteiger partial charge >= 0.3 is 0 Å². The summed E-state index contributed by atoms with van der Waals surface area (Å²) in [5, 5.41) is 9.94. The highest BCUT2D eigenvalue weighted by atomic mass is 16.5. The molecule has 0 amide bonds. The van der Waals surface area contributed by atoms with Gasteiger partial charge in [-0.1, -0.05) is 5.21 Å². The Labute approximate surface area is 148 Å². The number of rotatable bonds is 5. The Bertz CT molecular complexity index is 1010. The number of nitrogens with zero attached hydrogens (tertiary/aromatic N) is 4. The van der Waals surface area contributed by atoms with Crippen molar-refractivity contribution in [1.82, 2.24) is 25.4 Å². The number of hydrogen-bond donors (Lipinski definition) is 2. The Morgan fingerprint density at radius 1 is 1.42 bits per heavy atom. The highest BCUT2D eigenvalue weighted by molar-refractivity contribution is 5.76. The van der Waals surface area contributed by atoms with Crippen LogP contribution in [-0.2, 0) is 4.79 Å². The summed E-state index contributed by atoms with van der Waals surface area (Å²) in [6, 6.07) is 5.53. The summed E-state index contributed by atoms with van der Waals surface area (Å²) in [5.41, 5.74) is 1.68. The molecule has 9 heteroatoms. The van der Waals surface area contributed by atoms with Crippen LogP contribution in [0.4, 0.5) is 5.69 Å². The van der Waals surface area contributed by atoms with Crippen LogP contribution in [0.15, 0.2) is 23.0 Å².